The number of rotatable bonds is 13. The molecule has 0 amide bonds. The van der Waals surface area contributed by atoms with Gasteiger partial charge in [0, 0.05) is 52.6 Å². The fraction of sp³-hybridized carbons (Fsp3) is 0.278. The summed E-state index contributed by atoms with van der Waals surface area (Å²) in [5, 5.41) is 21.0. The van der Waals surface area contributed by atoms with Crippen LogP contribution in [0.4, 0.5) is 0 Å². The van der Waals surface area contributed by atoms with Crippen molar-refractivity contribution in [2.75, 3.05) is 13.2 Å². The molecule has 0 saturated heterocycles. The molecule has 0 atom stereocenters. The van der Waals surface area contributed by atoms with Crippen molar-refractivity contribution in [1.82, 2.24) is 4.57 Å². The number of aromatic nitrogens is 3. The van der Waals surface area contributed by atoms with Gasteiger partial charge in [-0.3, -0.25) is 0 Å². The minimum absolute atomic E-state index is 0.134. The van der Waals surface area contributed by atoms with E-state index in [2.05, 4.69) is 96.5 Å². The highest BCUT2D eigenvalue weighted by Crippen LogP contribution is 2.36. The van der Waals surface area contributed by atoms with E-state index in [0.717, 1.165) is 17.7 Å². The molecule has 0 aliphatic heterocycles. The molecule has 0 spiro atoms. The summed E-state index contributed by atoms with van der Waals surface area (Å²) in [6, 6.07) is 21.6. The molecule has 210 valence electrons. The molecule has 41 heavy (non-hydrogen) atoms. The van der Waals surface area contributed by atoms with Crippen LogP contribution in [0.15, 0.2) is 85.5 Å². The van der Waals surface area contributed by atoms with Crippen LogP contribution in [0.3, 0.4) is 0 Å². The summed E-state index contributed by atoms with van der Waals surface area (Å²) in [5.41, 5.74) is 7.22. The molecule has 3 heterocycles. The second-order valence-corrected chi connectivity index (χ2v) is 10.5. The molecule has 5 heteroatoms. The Morgan fingerprint density at radius 3 is 1.54 bits per heavy atom. The molecule has 0 aliphatic rings. The minimum Gasteiger partial charge on any atom is -0.390 e. The van der Waals surface area contributed by atoms with E-state index in [1.807, 2.05) is 33.9 Å². The molecule has 2 aromatic carbocycles. The first-order valence-corrected chi connectivity index (χ1v) is 14.8. The van der Waals surface area contributed by atoms with Gasteiger partial charge in [-0.2, -0.15) is 0 Å². The van der Waals surface area contributed by atoms with Gasteiger partial charge in [0.05, 0.1) is 0 Å². The standard InChI is InChI=1S/C36H41N3O2/c1-2-3-4-5-20-39-33-10-6-8-31(14-12-29-16-21-37(22-17-29)25-27-40)35(33)36-32(9-7-11-34(36)39)15-13-30-18-23-38(24-19-30)26-28-41/h6-19,21-24,40-41H,2-5,20,25-28H2,1H3/q+2. The van der Waals surface area contributed by atoms with Crippen LogP contribution < -0.4 is 9.13 Å². The first-order chi connectivity index (χ1) is 20.2. The molecule has 2 N–H and O–H groups in total. The van der Waals surface area contributed by atoms with Gasteiger partial charge in [0.2, 0.25) is 0 Å². The molecule has 0 saturated carbocycles. The topological polar surface area (TPSA) is 53.2 Å². The number of nitrogens with zero attached hydrogens (tertiary/aromatic N) is 3. The zero-order valence-corrected chi connectivity index (χ0v) is 24.0. The summed E-state index contributed by atoms with van der Waals surface area (Å²) in [5.74, 6) is 0. The van der Waals surface area contributed by atoms with Crippen LogP contribution in [0.1, 0.15) is 54.9 Å². The lowest BCUT2D eigenvalue weighted by atomic mass is 10.0. The number of pyridine rings is 2. The average Bonchev–Trinajstić information content (AvgIpc) is 3.33. The molecule has 3 aromatic heterocycles. The van der Waals surface area contributed by atoms with E-state index in [4.69, 9.17) is 0 Å². The van der Waals surface area contributed by atoms with Gasteiger partial charge in [-0.15, -0.1) is 0 Å². The van der Waals surface area contributed by atoms with Crippen molar-refractivity contribution < 1.29 is 19.3 Å². The average molecular weight is 548 g/mol. The SMILES string of the molecule is CCCCCCn1c2cccc(/C=C\c3cc[n+](CCO)cc3)c2c2c(/C=C/c3cc[n+](CCO)cc3)cccc21. The Labute approximate surface area is 243 Å². The van der Waals surface area contributed by atoms with Crippen molar-refractivity contribution in [2.45, 2.75) is 52.2 Å². The predicted molar refractivity (Wildman–Crippen MR) is 169 cm³/mol. The Bertz CT molecular complexity index is 1510. The van der Waals surface area contributed by atoms with E-state index in [1.54, 1.807) is 0 Å². The minimum atomic E-state index is 0.134. The second kappa shape index (κ2) is 14.0. The van der Waals surface area contributed by atoms with Gasteiger partial charge in [-0.1, -0.05) is 74.8 Å². The van der Waals surface area contributed by atoms with Gasteiger partial charge in [-0.25, -0.2) is 9.13 Å². The highest BCUT2D eigenvalue weighted by molar-refractivity contribution is 6.15. The van der Waals surface area contributed by atoms with Crippen molar-refractivity contribution in [2.24, 2.45) is 0 Å². The molecule has 5 rings (SSSR count). The molecule has 0 fully saturated rings. The van der Waals surface area contributed by atoms with E-state index in [1.165, 1.54) is 58.6 Å². The zero-order valence-electron chi connectivity index (χ0n) is 24.0. The Morgan fingerprint density at radius 1 is 0.610 bits per heavy atom. The highest BCUT2D eigenvalue weighted by atomic mass is 16.3. The van der Waals surface area contributed by atoms with Gasteiger partial charge >= 0.3 is 0 Å². The molecule has 0 bridgehead atoms. The number of aryl methyl sites for hydroxylation is 1. The van der Waals surface area contributed by atoms with Crippen LogP contribution in [0.25, 0.3) is 46.1 Å². The number of hydrogen-bond acceptors (Lipinski definition) is 2. The number of aliphatic hydroxyl groups excluding tert-OH is 2. The summed E-state index contributed by atoms with van der Waals surface area (Å²) in [7, 11) is 0. The monoisotopic (exact) mass is 547 g/mol. The van der Waals surface area contributed by atoms with E-state index in [0.29, 0.717) is 13.1 Å². The number of benzene rings is 2. The summed E-state index contributed by atoms with van der Waals surface area (Å²) in [6.07, 6.45) is 21.8. The fourth-order valence-corrected chi connectivity index (χ4v) is 5.52. The third-order valence-electron chi connectivity index (χ3n) is 7.68. The van der Waals surface area contributed by atoms with Crippen LogP contribution in [-0.2, 0) is 19.6 Å². The van der Waals surface area contributed by atoms with Gasteiger partial charge in [0.25, 0.3) is 0 Å². The van der Waals surface area contributed by atoms with E-state index in [9.17, 15) is 10.2 Å². The first-order valence-electron chi connectivity index (χ1n) is 14.8. The predicted octanol–water partition coefficient (Wildman–Crippen LogP) is 6.28. The van der Waals surface area contributed by atoms with Gasteiger partial charge in [-0.05, 0) is 40.8 Å². The van der Waals surface area contributed by atoms with E-state index in [-0.39, 0.29) is 13.2 Å². The quantitative estimate of drug-likeness (QED) is 0.135. The lowest BCUT2D eigenvalue weighted by Gasteiger charge is -2.07. The van der Waals surface area contributed by atoms with Crippen LogP contribution >= 0.6 is 0 Å². The van der Waals surface area contributed by atoms with Crippen molar-refractivity contribution in [1.29, 1.82) is 0 Å². The molecule has 5 nitrogen and oxygen atoms in total. The Hall–Kier alpha value is -4.06. The first kappa shape index (κ1) is 28.5. The lowest BCUT2D eigenvalue weighted by Crippen LogP contribution is -2.34. The number of aliphatic hydroxyl groups is 2. The van der Waals surface area contributed by atoms with Crippen LogP contribution in [0.5, 0.6) is 0 Å². The largest absolute Gasteiger partial charge is 0.390 e. The number of unbranched alkanes of at least 4 members (excludes halogenated alkanes) is 3. The van der Waals surface area contributed by atoms with Crippen molar-refractivity contribution in [3.8, 4) is 0 Å². The Morgan fingerprint density at radius 2 is 1.10 bits per heavy atom. The molecular formula is C36H41N3O2+2. The highest BCUT2D eigenvalue weighted by Gasteiger charge is 2.15. The maximum Gasteiger partial charge on any atom is 0.171 e. The van der Waals surface area contributed by atoms with Gasteiger partial charge in [0.15, 0.2) is 37.9 Å². The molecular weight excluding hydrogens is 506 g/mol. The van der Waals surface area contributed by atoms with Crippen LogP contribution in [-0.4, -0.2) is 28.0 Å². The Balaban J connectivity index is 1.58. The number of fused-ring (bicyclic) bond motifs is 3. The van der Waals surface area contributed by atoms with Crippen molar-refractivity contribution in [3.05, 3.63) is 108 Å². The van der Waals surface area contributed by atoms with Crippen molar-refractivity contribution in [3.63, 3.8) is 0 Å². The van der Waals surface area contributed by atoms with Gasteiger partial charge in [0.1, 0.15) is 13.2 Å². The lowest BCUT2D eigenvalue weighted by molar-refractivity contribution is -0.698. The molecule has 0 radical (unpaired) electrons. The normalized spacial score (nSPS) is 12.0. The Kier molecular flexibility index (Phi) is 9.74. The van der Waals surface area contributed by atoms with Gasteiger partial charge < -0.3 is 14.8 Å². The second-order valence-electron chi connectivity index (χ2n) is 10.5. The molecule has 0 unspecified atom stereocenters. The molecule has 0 aliphatic carbocycles. The van der Waals surface area contributed by atoms with Crippen molar-refractivity contribution >= 4 is 46.1 Å². The maximum absolute atomic E-state index is 9.22. The third-order valence-corrected chi connectivity index (χ3v) is 7.68. The van der Waals surface area contributed by atoms with E-state index >= 15 is 0 Å². The van der Waals surface area contributed by atoms with E-state index < -0.39 is 0 Å². The third kappa shape index (κ3) is 6.82. The summed E-state index contributed by atoms with van der Waals surface area (Å²) in [4.78, 5) is 0. The van der Waals surface area contributed by atoms with Crippen LogP contribution in [0.2, 0.25) is 0 Å². The van der Waals surface area contributed by atoms with Crippen LogP contribution in [0, 0.1) is 0 Å². The number of hydrogen-bond donors (Lipinski definition) is 2. The summed E-state index contributed by atoms with van der Waals surface area (Å²) >= 11 is 0. The summed E-state index contributed by atoms with van der Waals surface area (Å²) < 4.78 is 6.49. The summed E-state index contributed by atoms with van der Waals surface area (Å²) in [6.45, 7) is 4.74. The fourth-order valence-electron chi connectivity index (χ4n) is 5.52. The maximum atomic E-state index is 9.22. The zero-order chi connectivity index (χ0) is 28.4. The molecule has 5 aromatic rings. The smallest absolute Gasteiger partial charge is 0.171 e.